The Kier molecular flexibility index (Phi) is 8.93. The van der Waals surface area contributed by atoms with Gasteiger partial charge in [0.15, 0.2) is 0 Å². The van der Waals surface area contributed by atoms with Gasteiger partial charge in [-0.05, 0) is 30.5 Å². The fourth-order valence-electron chi connectivity index (χ4n) is 4.26. The number of methoxy groups -OCH3 is 2. The van der Waals surface area contributed by atoms with Crippen LogP contribution in [0.1, 0.15) is 74.4 Å². The van der Waals surface area contributed by atoms with E-state index < -0.39 is 24.0 Å². The number of carbonyl (C=O) groups is 2. The molecule has 1 aromatic heterocycles. The summed E-state index contributed by atoms with van der Waals surface area (Å²) in [7, 11) is 2.66. The number of aliphatic hydroxyl groups is 1. The molecule has 7 nitrogen and oxygen atoms in total. The molecule has 3 aromatic rings. The number of unbranched alkanes of at least 4 members (excludes halogenated alkanes) is 2. The number of hydrogen-bond acceptors (Lipinski definition) is 7. The van der Waals surface area contributed by atoms with Crippen molar-refractivity contribution in [3.05, 3.63) is 47.5 Å². The van der Waals surface area contributed by atoms with Gasteiger partial charge in [-0.15, -0.1) is 0 Å². The molecular weight excluding hydrogens is 432 g/mol. The number of esters is 2. The smallest absolute Gasteiger partial charge is 0.340 e. The Morgan fingerprint density at radius 3 is 2.24 bits per heavy atom. The predicted molar refractivity (Wildman–Crippen MR) is 131 cm³/mol. The first-order valence-electron chi connectivity index (χ1n) is 11.9. The molecule has 0 radical (unpaired) electrons. The van der Waals surface area contributed by atoms with Crippen LogP contribution in [0.2, 0.25) is 0 Å². The highest BCUT2D eigenvalue weighted by atomic mass is 16.5. The minimum atomic E-state index is -1.08. The van der Waals surface area contributed by atoms with E-state index in [4.69, 9.17) is 14.5 Å². The zero-order valence-electron chi connectivity index (χ0n) is 20.4. The summed E-state index contributed by atoms with van der Waals surface area (Å²) in [6.07, 6.45) is 4.71. The summed E-state index contributed by atoms with van der Waals surface area (Å²) in [5.41, 5.74) is 2.80. The van der Waals surface area contributed by atoms with Gasteiger partial charge in [-0.25, -0.2) is 14.8 Å². The average molecular weight is 467 g/mol. The Balaban J connectivity index is 1.91. The zero-order valence-corrected chi connectivity index (χ0v) is 20.4. The molecule has 1 N–H and O–H groups in total. The van der Waals surface area contributed by atoms with Crippen molar-refractivity contribution in [1.82, 2.24) is 9.97 Å². The summed E-state index contributed by atoms with van der Waals surface area (Å²) in [5.74, 6) is -0.924. The van der Waals surface area contributed by atoms with Crippen molar-refractivity contribution in [3.63, 3.8) is 0 Å². The normalized spacial score (nSPS) is 14.0. The first kappa shape index (κ1) is 25.6. The Labute approximate surface area is 200 Å². The van der Waals surface area contributed by atoms with E-state index in [1.165, 1.54) is 27.1 Å². The number of ether oxygens (including phenoxy) is 2. The van der Waals surface area contributed by atoms with Gasteiger partial charge in [0.1, 0.15) is 5.52 Å². The quantitative estimate of drug-likeness (QED) is 0.230. The van der Waals surface area contributed by atoms with E-state index in [2.05, 4.69) is 18.8 Å². The van der Waals surface area contributed by atoms with Crippen LogP contribution in [-0.4, -0.2) is 41.2 Å². The second-order valence-electron chi connectivity index (χ2n) is 8.83. The monoisotopic (exact) mass is 466 g/mol. The van der Waals surface area contributed by atoms with Crippen molar-refractivity contribution in [2.24, 2.45) is 11.8 Å². The van der Waals surface area contributed by atoms with E-state index in [9.17, 15) is 14.7 Å². The number of para-hydroxylation sites is 2. The van der Waals surface area contributed by atoms with Gasteiger partial charge in [-0.3, -0.25) is 4.79 Å². The van der Waals surface area contributed by atoms with Crippen LogP contribution in [0.5, 0.6) is 0 Å². The molecule has 0 amide bonds. The number of rotatable bonds is 11. The molecule has 3 unspecified atom stereocenters. The molecule has 34 heavy (non-hydrogen) atoms. The topological polar surface area (TPSA) is 98.6 Å². The number of aliphatic hydroxyl groups excluding tert-OH is 1. The highest BCUT2D eigenvalue weighted by Crippen LogP contribution is 2.33. The molecule has 1 heterocycles. The van der Waals surface area contributed by atoms with Crippen LogP contribution in [0.25, 0.3) is 22.1 Å². The molecule has 0 spiro atoms. The SMILES string of the molecule is CCC(C)CCCCCC(C(=O)OC)C(O)c1cccc2nc3c(C(=O)OC)cccc3nc12. The van der Waals surface area contributed by atoms with Gasteiger partial charge in [0.25, 0.3) is 0 Å². The fraction of sp³-hybridized carbons (Fsp3) is 0.481. The summed E-state index contributed by atoms with van der Waals surface area (Å²) in [5, 5.41) is 11.3. The van der Waals surface area contributed by atoms with E-state index in [1.807, 2.05) is 0 Å². The van der Waals surface area contributed by atoms with Crippen LogP contribution in [0.15, 0.2) is 36.4 Å². The molecule has 0 saturated carbocycles. The van der Waals surface area contributed by atoms with Gasteiger partial charge in [0.05, 0.1) is 48.4 Å². The van der Waals surface area contributed by atoms with Crippen molar-refractivity contribution in [2.75, 3.05) is 14.2 Å². The van der Waals surface area contributed by atoms with Gasteiger partial charge in [0, 0.05) is 5.56 Å². The first-order valence-corrected chi connectivity index (χ1v) is 11.9. The van der Waals surface area contributed by atoms with Crippen LogP contribution in [0.4, 0.5) is 0 Å². The summed E-state index contributed by atoms with van der Waals surface area (Å²) < 4.78 is 9.88. The third-order valence-electron chi connectivity index (χ3n) is 6.54. The van der Waals surface area contributed by atoms with Crippen molar-refractivity contribution < 1.29 is 24.2 Å². The lowest BCUT2D eigenvalue weighted by atomic mass is 9.89. The highest BCUT2D eigenvalue weighted by molar-refractivity contribution is 6.03. The molecule has 2 aromatic carbocycles. The van der Waals surface area contributed by atoms with E-state index in [0.717, 1.165) is 19.3 Å². The second-order valence-corrected chi connectivity index (χ2v) is 8.83. The number of carbonyl (C=O) groups excluding carboxylic acids is 2. The molecule has 3 atom stereocenters. The molecule has 0 aliphatic heterocycles. The molecule has 182 valence electrons. The van der Waals surface area contributed by atoms with Crippen LogP contribution in [0.3, 0.4) is 0 Å². The molecular formula is C27H34N2O5. The molecule has 0 bridgehead atoms. The Hall–Kier alpha value is -3.06. The van der Waals surface area contributed by atoms with E-state index in [-0.39, 0.29) is 0 Å². The van der Waals surface area contributed by atoms with Crippen LogP contribution >= 0.6 is 0 Å². The highest BCUT2D eigenvalue weighted by Gasteiger charge is 2.30. The molecule has 0 saturated heterocycles. The number of nitrogens with zero attached hydrogens (tertiary/aromatic N) is 2. The van der Waals surface area contributed by atoms with Crippen molar-refractivity contribution in [1.29, 1.82) is 0 Å². The zero-order chi connectivity index (χ0) is 24.7. The van der Waals surface area contributed by atoms with Gasteiger partial charge >= 0.3 is 11.9 Å². The van der Waals surface area contributed by atoms with Crippen molar-refractivity contribution >= 4 is 34.0 Å². The largest absolute Gasteiger partial charge is 0.469 e. The number of hydrogen-bond donors (Lipinski definition) is 1. The van der Waals surface area contributed by atoms with Gasteiger partial charge in [-0.1, -0.05) is 64.2 Å². The lowest BCUT2D eigenvalue weighted by Crippen LogP contribution is -2.24. The fourth-order valence-corrected chi connectivity index (χ4v) is 4.26. The van der Waals surface area contributed by atoms with Crippen molar-refractivity contribution in [2.45, 2.75) is 58.5 Å². The molecule has 7 heteroatoms. The number of fused-ring (bicyclic) bond motifs is 2. The predicted octanol–water partition coefficient (Wildman–Crippen LogP) is 5.39. The second kappa shape index (κ2) is 11.9. The van der Waals surface area contributed by atoms with Gasteiger partial charge < -0.3 is 14.6 Å². The maximum Gasteiger partial charge on any atom is 0.340 e. The Morgan fingerprint density at radius 1 is 0.912 bits per heavy atom. The maximum atomic E-state index is 12.6. The van der Waals surface area contributed by atoms with E-state index >= 15 is 0 Å². The third-order valence-corrected chi connectivity index (χ3v) is 6.54. The summed E-state index contributed by atoms with van der Waals surface area (Å²) >= 11 is 0. The third kappa shape index (κ3) is 5.70. The minimum absolute atomic E-state index is 0.324. The van der Waals surface area contributed by atoms with Crippen LogP contribution in [0, 0.1) is 11.8 Å². The van der Waals surface area contributed by atoms with Crippen molar-refractivity contribution in [3.8, 4) is 0 Å². The number of aromatic nitrogens is 2. The van der Waals surface area contributed by atoms with Crippen LogP contribution < -0.4 is 0 Å². The minimum Gasteiger partial charge on any atom is -0.469 e. The summed E-state index contributed by atoms with van der Waals surface area (Å²) in [6, 6.07) is 10.4. The summed E-state index contributed by atoms with van der Waals surface area (Å²) in [4.78, 5) is 34.1. The Bertz CT molecular complexity index is 1150. The van der Waals surface area contributed by atoms with E-state index in [1.54, 1.807) is 36.4 Å². The standard InChI is InChI=1S/C27H34N2O5/c1-5-17(2)11-7-6-8-12-20(27(32)34-4)25(30)18-13-9-15-21-23(18)28-22-16-10-14-19(24(22)29-21)26(31)33-3/h9-10,13-17,20,25,30H,5-8,11-12H2,1-4H3. The Morgan fingerprint density at radius 2 is 1.56 bits per heavy atom. The molecule has 3 rings (SSSR count). The maximum absolute atomic E-state index is 12.6. The molecule has 0 aliphatic carbocycles. The first-order chi connectivity index (χ1) is 16.4. The summed E-state index contributed by atoms with van der Waals surface area (Å²) in [6.45, 7) is 4.45. The van der Waals surface area contributed by atoms with Gasteiger partial charge in [-0.2, -0.15) is 0 Å². The van der Waals surface area contributed by atoms with Gasteiger partial charge in [0.2, 0.25) is 0 Å². The number of benzene rings is 2. The van der Waals surface area contributed by atoms with Crippen LogP contribution in [-0.2, 0) is 14.3 Å². The molecule has 0 fully saturated rings. The average Bonchev–Trinajstić information content (AvgIpc) is 2.87. The molecule has 0 aliphatic rings. The van der Waals surface area contributed by atoms with E-state index in [0.29, 0.717) is 45.5 Å². The lowest BCUT2D eigenvalue weighted by molar-refractivity contribution is -0.150. The lowest BCUT2D eigenvalue weighted by Gasteiger charge is -2.22.